The first-order valence-corrected chi connectivity index (χ1v) is 12.3. The Bertz CT molecular complexity index is 855. The summed E-state index contributed by atoms with van der Waals surface area (Å²) in [7, 11) is 3.74. The molecule has 1 aromatic rings. The number of nitrogens with zero attached hydrogens (tertiary/aromatic N) is 4. The summed E-state index contributed by atoms with van der Waals surface area (Å²) in [5, 5.41) is 0. The van der Waals surface area contributed by atoms with Gasteiger partial charge in [-0.1, -0.05) is 24.0 Å². The maximum absolute atomic E-state index is 12.9. The van der Waals surface area contributed by atoms with Crippen LogP contribution in [0.15, 0.2) is 17.1 Å². The van der Waals surface area contributed by atoms with Crippen LogP contribution in [-0.4, -0.2) is 96.4 Å². The molecule has 0 saturated carbocycles. The molecule has 0 radical (unpaired) electrons. The lowest BCUT2D eigenvalue weighted by Gasteiger charge is -2.33. The van der Waals surface area contributed by atoms with Crippen molar-refractivity contribution in [1.82, 2.24) is 14.7 Å². The van der Waals surface area contributed by atoms with Crippen molar-refractivity contribution in [3.8, 4) is 11.5 Å². The lowest BCUT2D eigenvalue weighted by atomic mass is 10.1. The van der Waals surface area contributed by atoms with Gasteiger partial charge in [0.25, 0.3) is 5.91 Å². The van der Waals surface area contributed by atoms with Crippen LogP contribution in [-0.2, 0) is 0 Å². The number of rotatable bonds is 6. The number of piperazine rings is 1. The van der Waals surface area contributed by atoms with Gasteiger partial charge in [-0.3, -0.25) is 9.79 Å². The van der Waals surface area contributed by atoms with E-state index in [0.717, 1.165) is 62.1 Å². The number of amides is 1. The van der Waals surface area contributed by atoms with Gasteiger partial charge < -0.3 is 24.2 Å². The van der Waals surface area contributed by atoms with Gasteiger partial charge in [-0.2, -0.15) is 0 Å². The summed E-state index contributed by atoms with van der Waals surface area (Å²) in [5.74, 6) is 2.13. The second kappa shape index (κ2) is 10.2. The monoisotopic (exact) mass is 462 g/mol. The molecule has 9 heteroatoms. The molecule has 1 amide bonds. The second-order valence-corrected chi connectivity index (χ2v) is 9.84. The average Bonchev–Trinajstić information content (AvgIpc) is 3.21. The Morgan fingerprint density at radius 1 is 1.23 bits per heavy atom. The Kier molecular flexibility index (Phi) is 7.35. The van der Waals surface area contributed by atoms with E-state index in [1.165, 1.54) is 0 Å². The minimum absolute atomic E-state index is 0.0219. The molecule has 1 atom stereocenters. The van der Waals surface area contributed by atoms with Crippen LogP contribution in [0.25, 0.3) is 0 Å². The van der Waals surface area contributed by atoms with Crippen LogP contribution in [0, 0.1) is 0 Å². The summed E-state index contributed by atoms with van der Waals surface area (Å²) in [5.41, 5.74) is 1.23. The molecule has 2 fully saturated rings. The van der Waals surface area contributed by atoms with Gasteiger partial charge in [0.15, 0.2) is 11.5 Å². The minimum Gasteiger partial charge on any atom is -0.493 e. The summed E-state index contributed by atoms with van der Waals surface area (Å²) < 4.78 is 12.5. The quantitative estimate of drug-likeness (QED) is 0.476. The number of hydrogen-bond acceptors (Lipinski definition) is 7. The minimum atomic E-state index is 0.0219. The van der Waals surface area contributed by atoms with Crippen molar-refractivity contribution in [2.75, 3.05) is 59.2 Å². The molecule has 168 valence electrons. The molecule has 31 heavy (non-hydrogen) atoms. The molecule has 1 aromatic carbocycles. The van der Waals surface area contributed by atoms with Gasteiger partial charge in [-0.25, -0.2) is 0 Å². The van der Waals surface area contributed by atoms with E-state index in [4.69, 9.17) is 21.7 Å². The van der Waals surface area contributed by atoms with Crippen molar-refractivity contribution in [1.29, 1.82) is 0 Å². The number of hydrogen-bond donors (Lipinski definition) is 0. The maximum atomic E-state index is 12.9. The number of likely N-dealkylation sites (N-methyl/N-ethyl adjacent to an activating group) is 1. The standard InChI is InChI=1S/C22H30N4O3S2/c1-24-7-9-25(10-8-24)22(30)31-12-4-11-29-20-14-18-17(13-19(20)28-2)21(27)26-6-3-5-16(26)15-23-18/h13-16H,3-12H2,1-2H3/t16-/m0/s1. The zero-order chi connectivity index (χ0) is 21.8. The molecule has 3 aliphatic rings. The van der Waals surface area contributed by atoms with Gasteiger partial charge in [-0.05, 0) is 32.4 Å². The van der Waals surface area contributed by atoms with Crippen LogP contribution in [0.1, 0.15) is 29.6 Å². The van der Waals surface area contributed by atoms with Crippen molar-refractivity contribution in [3.05, 3.63) is 17.7 Å². The highest BCUT2D eigenvalue weighted by atomic mass is 32.2. The lowest BCUT2D eigenvalue weighted by molar-refractivity contribution is 0.0774. The van der Waals surface area contributed by atoms with Gasteiger partial charge >= 0.3 is 0 Å². The highest BCUT2D eigenvalue weighted by Gasteiger charge is 2.32. The maximum Gasteiger partial charge on any atom is 0.256 e. The number of thioether (sulfide) groups is 1. The Morgan fingerprint density at radius 2 is 2.03 bits per heavy atom. The largest absolute Gasteiger partial charge is 0.493 e. The zero-order valence-electron chi connectivity index (χ0n) is 18.2. The van der Waals surface area contributed by atoms with E-state index in [9.17, 15) is 4.79 Å². The second-order valence-electron chi connectivity index (χ2n) is 8.11. The molecular formula is C22H30N4O3S2. The molecule has 7 nitrogen and oxygen atoms in total. The Morgan fingerprint density at radius 3 is 2.81 bits per heavy atom. The van der Waals surface area contributed by atoms with E-state index < -0.39 is 0 Å². The summed E-state index contributed by atoms with van der Waals surface area (Å²) in [6.07, 6.45) is 4.75. The SMILES string of the molecule is COc1cc2c(cc1OCCCSC(=S)N1CCN(C)CC1)N=C[C@@H]1CCCN1C2=O. The van der Waals surface area contributed by atoms with Crippen LogP contribution in [0.2, 0.25) is 0 Å². The highest BCUT2D eigenvalue weighted by Crippen LogP contribution is 2.38. The van der Waals surface area contributed by atoms with Gasteiger partial charge in [0.2, 0.25) is 0 Å². The van der Waals surface area contributed by atoms with Gasteiger partial charge in [0.05, 0.1) is 31.0 Å². The average molecular weight is 463 g/mol. The molecule has 0 aromatic heterocycles. The van der Waals surface area contributed by atoms with Crippen LogP contribution in [0.4, 0.5) is 5.69 Å². The van der Waals surface area contributed by atoms with Crippen molar-refractivity contribution >= 4 is 46.1 Å². The number of thiocarbonyl (C=S) groups is 1. The number of benzene rings is 1. The fourth-order valence-electron chi connectivity index (χ4n) is 4.10. The van der Waals surface area contributed by atoms with Crippen molar-refractivity contribution in [3.63, 3.8) is 0 Å². The molecule has 2 saturated heterocycles. The molecule has 0 N–H and O–H groups in total. The molecule has 0 unspecified atom stereocenters. The Balaban J connectivity index is 1.31. The summed E-state index contributed by atoms with van der Waals surface area (Å²) in [6.45, 7) is 5.46. The normalized spacial score (nSPS) is 21.0. The molecular weight excluding hydrogens is 432 g/mol. The lowest BCUT2D eigenvalue weighted by Crippen LogP contribution is -2.45. The fourth-order valence-corrected chi connectivity index (χ4v) is 5.34. The zero-order valence-corrected chi connectivity index (χ0v) is 19.8. The van der Waals surface area contributed by atoms with Gasteiger partial charge in [0.1, 0.15) is 4.32 Å². The van der Waals surface area contributed by atoms with Gasteiger partial charge in [0, 0.05) is 50.8 Å². The molecule has 3 aliphatic heterocycles. The smallest absolute Gasteiger partial charge is 0.256 e. The van der Waals surface area contributed by atoms with Crippen LogP contribution in [0.5, 0.6) is 11.5 Å². The molecule has 0 aliphatic carbocycles. The topological polar surface area (TPSA) is 57.6 Å². The highest BCUT2D eigenvalue weighted by molar-refractivity contribution is 8.22. The molecule has 3 heterocycles. The van der Waals surface area contributed by atoms with E-state index in [1.807, 2.05) is 17.2 Å². The first kappa shape index (κ1) is 22.4. The Hall–Kier alpha value is -1.84. The first-order chi connectivity index (χ1) is 15.1. The summed E-state index contributed by atoms with van der Waals surface area (Å²) in [4.78, 5) is 24.0. The van der Waals surface area contributed by atoms with E-state index in [1.54, 1.807) is 24.9 Å². The van der Waals surface area contributed by atoms with E-state index in [2.05, 4.69) is 21.8 Å². The number of carbonyl (C=O) groups excluding carboxylic acids is 1. The molecule has 0 bridgehead atoms. The number of carbonyl (C=O) groups is 1. The Labute approximate surface area is 193 Å². The fraction of sp³-hybridized carbons (Fsp3) is 0.591. The third-order valence-corrected chi connectivity index (χ3v) is 7.60. The number of fused-ring (bicyclic) bond motifs is 2. The van der Waals surface area contributed by atoms with Gasteiger partial charge in [-0.15, -0.1) is 0 Å². The van der Waals surface area contributed by atoms with Crippen molar-refractivity contribution in [2.45, 2.75) is 25.3 Å². The van der Waals surface area contributed by atoms with E-state index in [0.29, 0.717) is 29.4 Å². The number of aliphatic imine (C=N–C) groups is 1. The molecule has 4 rings (SSSR count). The van der Waals surface area contributed by atoms with Crippen molar-refractivity contribution < 1.29 is 14.3 Å². The number of methoxy groups -OCH3 is 1. The third kappa shape index (κ3) is 5.15. The first-order valence-electron chi connectivity index (χ1n) is 10.9. The number of ether oxygens (including phenoxy) is 2. The van der Waals surface area contributed by atoms with Crippen LogP contribution >= 0.6 is 24.0 Å². The molecule has 0 spiro atoms. The third-order valence-electron chi connectivity index (χ3n) is 5.99. The summed E-state index contributed by atoms with van der Waals surface area (Å²) in [6, 6.07) is 3.69. The van der Waals surface area contributed by atoms with Crippen LogP contribution in [0.3, 0.4) is 0 Å². The van der Waals surface area contributed by atoms with E-state index in [-0.39, 0.29) is 11.9 Å². The van der Waals surface area contributed by atoms with Crippen molar-refractivity contribution in [2.24, 2.45) is 4.99 Å². The predicted octanol–water partition coefficient (Wildman–Crippen LogP) is 3.05. The van der Waals surface area contributed by atoms with Crippen LogP contribution < -0.4 is 9.47 Å². The van der Waals surface area contributed by atoms with E-state index >= 15 is 0 Å². The summed E-state index contributed by atoms with van der Waals surface area (Å²) >= 11 is 7.30. The predicted molar refractivity (Wildman–Crippen MR) is 129 cm³/mol.